The van der Waals surface area contributed by atoms with Gasteiger partial charge in [0.15, 0.2) is 0 Å². The van der Waals surface area contributed by atoms with Crippen LogP contribution in [0.5, 0.6) is 0 Å². The predicted molar refractivity (Wildman–Crippen MR) is 151 cm³/mol. The zero-order valence-electron chi connectivity index (χ0n) is 20.6. The summed E-state index contributed by atoms with van der Waals surface area (Å²) in [4.78, 5) is 7.58. The van der Waals surface area contributed by atoms with Gasteiger partial charge in [-0.15, -0.1) is 53.6 Å². The molecule has 2 heterocycles. The molecule has 1 aliphatic heterocycles. The van der Waals surface area contributed by atoms with Crippen LogP contribution in [0.1, 0.15) is 11.1 Å². The maximum atomic E-state index is 5.30. The molecule has 0 atom stereocenters. The third kappa shape index (κ3) is 4.30. The molecule has 0 aliphatic carbocycles. The first-order valence-electron chi connectivity index (χ1n) is 12.6. The third-order valence-corrected chi connectivity index (χ3v) is 7.06. The fourth-order valence-corrected chi connectivity index (χ4v) is 5.24. The summed E-state index contributed by atoms with van der Waals surface area (Å²) in [6.07, 6.45) is 1.93. The van der Waals surface area contributed by atoms with Crippen molar-refractivity contribution in [3.8, 4) is 22.3 Å². The Morgan fingerprint density at radius 3 is 2.18 bits per heavy atom. The summed E-state index contributed by atoms with van der Waals surface area (Å²) < 4.78 is 0. The van der Waals surface area contributed by atoms with Crippen LogP contribution in [0, 0.1) is 18.2 Å². The fourth-order valence-electron chi connectivity index (χ4n) is 5.24. The minimum atomic E-state index is 0. The third-order valence-electron chi connectivity index (χ3n) is 7.06. The number of fused-ring (bicyclic) bond motifs is 3. The Balaban J connectivity index is 0.00000264. The Morgan fingerprint density at radius 2 is 1.37 bits per heavy atom. The summed E-state index contributed by atoms with van der Waals surface area (Å²) in [5.74, 6) is 0.886. The van der Waals surface area contributed by atoms with Gasteiger partial charge in [0.05, 0.1) is 0 Å². The number of hydrogen-bond donors (Lipinski definition) is 0. The van der Waals surface area contributed by atoms with Gasteiger partial charge in [-0.05, 0) is 41.3 Å². The van der Waals surface area contributed by atoms with E-state index in [2.05, 4.69) is 102 Å². The van der Waals surface area contributed by atoms with Crippen molar-refractivity contribution in [2.24, 2.45) is 0 Å². The number of aryl methyl sites for hydroxylation is 2. The summed E-state index contributed by atoms with van der Waals surface area (Å²) in [7, 11) is 0. The van der Waals surface area contributed by atoms with Gasteiger partial charge in [0, 0.05) is 11.2 Å². The van der Waals surface area contributed by atoms with Crippen molar-refractivity contribution >= 4 is 28.1 Å². The van der Waals surface area contributed by atoms with Gasteiger partial charge >= 0.3 is 16.5 Å². The molecular weight excluding hydrogens is 507 g/mol. The topological polar surface area (TPSA) is 16.1 Å². The number of pyridine rings is 1. The Morgan fingerprint density at radius 1 is 0.605 bits per heavy atom. The van der Waals surface area contributed by atoms with Gasteiger partial charge in [0.2, 0.25) is 0 Å². The van der Waals surface area contributed by atoms with Crippen LogP contribution in [0.25, 0.3) is 33.2 Å². The van der Waals surface area contributed by atoms with Crippen molar-refractivity contribution in [2.75, 3.05) is 4.90 Å². The molecule has 6 aromatic rings. The van der Waals surface area contributed by atoms with E-state index in [0.717, 1.165) is 63.2 Å². The SMILES string of the molecule is [Ni+3].[c-]1ccccc1-c1[c-]c2c(cc1)CCc1ccccc1N2c1ccc2cccc(-c3[c-]cccc3)c2n1. The van der Waals surface area contributed by atoms with E-state index in [-0.39, 0.29) is 16.5 Å². The standard InChI is InChI=1S/C35H23N2.Ni/c1-3-10-25(11-4-1)30-21-20-28-19-18-27-14-7-8-17-32(27)37(33(28)24-30)34-23-22-29-15-9-16-31(35(29)36-34)26-12-5-2-6-13-26;/h1-10,12,14-17,20-23H,18-19H2;/q-3;+3. The van der Waals surface area contributed by atoms with E-state index >= 15 is 0 Å². The largest absolute Gasteiger partial charge is 3.00 e. The number of rotatable bonds is 3. The number of nitrogens with zero attached hydrogens (tertiary/aromatic N) is 2. The zero-order chi connectivity index (χ0) is 24.6. The van der Waals surface area contributed by atoms with Crippen LogP contribution < -0.4 is 4.90 Å². The van der Waals surface area contributed by atoms with Crippen molar-refractivity contribution in [1.29, 1.82) is 0 Å². The molecule has 5 aromatic carbocycles. The molecule has 2 nitrogen and oxygen atoms in total. The molecule has 0 spiro atoms. The minimum absolute atomic E-state index is 0. The molecule has 0 unspecified atom stereocenters. The number of anilines is 3. The molecule has 38 heavy (non-hydrogen) atoms. The second kappa shape index (κ2) is 10.3. The van der Waals surface area contributed by atoms with Gasteiger partial charge < -0.3 is 4.90 Å². The van der Waals surface area contributed by atoms with E-state index in [1.54, 1.807) is 0 Å². The molecular formula is C35H23N2Ni. The molecule has 3 heteroatoms. The van der Waals surface area contributed by atoms with E-state index in [0.29, 0.717) is 0 Å². The molecule has 7 rings (SSSR count). The summed E-state index contributed by atoms with van der Waals surface area (Å²) in [5.41, 5.74) is 9.95. The molecule has 0 fully saturated rings. The molecule has 1 aliphatic rings. The van der Waals surface area contributed by atoms with Gasteiger partial charge in [0.25, 0.3) is 0 Å². The quantitative estimate of drug-likeness (QED) is 0.168. The van der Waals surface area contributed by atoms with Crippen molar-refractivity contribution in [2.45, 2.75) is 12.8 Å². The summed E-state index contributed by atoms with van der Waals surface area (Å²) in [6.45, 7) is 0. The van der Waals surface area contributed by atoms with E-state index in [4.69, 9.17) is 4.98 Å². The summed E-state index contributed by atoms with van der Waals surface area (Å²) in [6, 6.07) is 50.4. The zero-order valence-corrected chi connectivity index (χ0v) is 21.6. The summed E-state index contributed by atoms with van der Waals surface area (Å²) >= 11 is 0. The van der Waals surface area contributed by atoms with Gasteiger partial charge in [-0.1, -0.05) is 48.4 Å². The second-order valence-electron chi connectivity index (χ2n) is 9.31. The normalized spacial score (nSPS) is 12.3. The van der Waals surface area contributed by atoms with Crippen molar-refractivity contribution in [1.82, 2.24) is 4.98 Å². The van der Waals surface area contributed by atoms with Crippen LogP contribution in [-0.4, -0.2) is 4.98 Å². The Hall–Kier alpha value is -4.20. The summed E-state index contributed by atoms with van der Waals surface area (Å²) in [5, 5.41) is 1.11. The molecule has 0 saturated heterocycles. The molecule has 0 N–H and O–H groups in total. The monoisotopic (exact) mass is 529 g/mol. The maximum Gasteiger partial charge on any atom is 3.00 e. The smallest absolute Gasteiger partial charge is 0.313 e. The molecule has 0 bridgehead atoms. The van der Waals surface area contributed by atoms with E-state index in [1.807, 2.05) is 36.4 Å². The van der Waals surface area contributed by atoms with Crippen molar-refractivity contribution in [3.63, 3.8) is 0 Å². The average Bonchev–Trinajstić information content (AvgIpc) is 3.14. The first kappa shape index (κ1) is 24.2. The van der Waals surface area contributed by atoms with Crippen molar-refractivity contribution < 1.29 is 16.5 Å². The number of para-hydroxylation sites is 2. The Kier molecular flexibility index (Phi) is 6.54. The fraction of sp³-hybridized carbons (Fsp3) is 0.0571. The number of hydrogen-bond acceptors (Lipinski definition) is 2. The second-order valence-corrected chi connectivity index (χ2v) is 9.31. The molecule has 0 amide bonds. The van der Waals surface area contributed by atoms with Crippen molar-refractivity contribution in [3.05, 3.63) is 145 Å². The Bertz CT molecular complexity index is 1730. The van der Waals surface area contributed by atoms with Crippen LogP contribution in [0.3, 0.4) is 0 Å². The molecule has 1 aromatic heterocycles. The Labute approximate surface area is 233 Å². The molecule has 0 saturated carbocycles. The van der Waals surface area contributed by atoms with Gasteiger partial charge in [-0.25, -0.2) is 16.1 Å². The average molecular weight is 530 g/mol. The molecule has 183 valence electrons. The number of benzene rings is 5. The molecule has 1 radical (unpaired) electrons. The van der Waals surface area contributed by atoms with E-state index < -0.39 is 0 Å². The van der Waals surface area contributed by atoms with Crippen LogP contribution in [0.2, 0.25) is 0 Å². The van der Waals surface area contributed by atoms with Crippen LogP contribution in [0.4, 0.5) is 17.2 Å². The predicted octanol–water partition coefficient (Wildman–Crippen LogP) is 8.54. The van der Waals surface area contributed by atoms with Crippen LogP contribution >= 0.6 is 0 Å². The van der Waals surface area contributed by atoms with Gasteiger partial charge in [0.1, 0.15) is 5.82 Å². The van der Waals surface area contributed by atoms with Crippen LogP contribution in [0.15, 0.2) is 115 Å². The first-order chi connectivity index (χ1) is 18.3. The van der Waals surface area contributed by atoms with Gasteiger partial charge in [-0.3, -0.25) is 0 Å². The number of aromatic nitrogens is 1. The van der Waals surface area contributed by atoms with Crippen LogP contribution in [-0.2, 0) is 29.3 Å². The maximum absolute atomic E-state index is 5.30. The first-order valence-corrected chi connectivity index (χ1v) is 12.6. The van der Waals surface area contributed by atoms with E-state index in [1.165, 1.54) is 11.1 Å². The minimum Gasteiger partial charge on any atom is -0.313 e. The van der Waals surface area contributed by atoms with E-state index in [9.17, 15) is 0 Å². The van der Waals surface area contributed by atoms with Gasteiger partial charge in [-0.2, -0.15) is 36.4 Å².